The number of hydrogen-bond acceptors (Lipinski definition) is 10. The van der Waals surface area contributed by atoms with E-state index in [1.54, 1.807) is 18.2 Å². The topological polar surface area (TPSA) is 130 Å². The molecule has 1 saturated carbocycles. The number of ether oxygens (including phenoxy) is 3. The second kappa shape index (κ2) is 14.3. The van der Waals surface area contributed by atoms with E-state index in [-0.39, 0.29) is 42.8 Å². The summed E-state index contributed by atoms with van der Waals surface area (Å²) in [5.74, 6) is -0.0367. The van der Waals surface area contributed by atoms with Crippen molar-refractivity contribution in [3.8, 4) is 0 Å². The highest BCUT2D eigenvalue weighted by molar-refractivity contribution is 7.89. The molecular weight excluding hydrogens is 600 g/mol. The summed E-state index contributed by atoms with van der Waals surface area (Å²) in [7, 11) is -2.15. The summed E-state index contributed by atoms with van der Waals surface area (Å²) in [4.78, 5) is 23.7. The number of alkyl carbamates (subject to hydrolysis) is 1. The van der Waals surface area contributed by atoms with Gasteiger partial charge in [-0.05, 0) is 56.5 Å². The highest BCUT2D eigenvalue weighted by Gasteiger charge is 2.44. The van der Waals surface area contributed by atoms with Crippen LogP contribution in [0.15, 0.2) is 59.5 Å². The van der Waals surface area contributed by atoms with Crippen LogP contribution in [0.25, 0.3) is 0 Å². The Morgan fingerprint density at radius 3 is 2.64 bits per heavy atom. The van der Waals surface area contributed by atoms with Gasteiger partial charge in [-0.1, -0.05) is 53.7 Å². The molecule has 0 radical (unpaired) electrons. The largest absolute Gasteiger partial charge is 0.443 e. The Balaban J connectivity index is 1.21. The number of rotatable bonds is 12. The van der Waals surface area contributed by atoms with Crippen LogP contribution in [0.3, 0.4) is 0 Å². The molecule has 246 valence electrons. The molecule has 0 aromatic heterocycles. The standard InChI is InChI=1S/C32H44N4O8S/c1-34-15-16-35(22-34)24-10-7-13-26(19-24)45(39,40)36(44-25-11-5-6-12-25)20-29(37)28(18-23-8-3-2-4-9-23)33-32(38)43-30-21-42-31-27(30)14-17-41-31/h2-4,7-10,13,19,25,27-31,37H,5-6,11-12,14-18,20-22H2,1H3,(H,33,38)/t27-,28+,29-,30-,31+/m1/s1. The molecule has 3 aliphatic heterocycles. The number of hydrogen-bond donors (Lipinski definition) is 2. The molecule has 5 atom stereocenters. The van der Waals surface area contributed by atoms with E-state index in [9.17, 15) is 18.3 Å². The molecule has 0 spiro atoms. The number of anilines is 1. The second-order valence-corrected chi connectivity index (χ2v) is 14.3. The summed E-state index contributed by atoms with van der Waals surface area (Å²) in [5.41, 5.74) is 1.67. The number of likely N-dealkylation sites (N-methyl/N-ethyl adjacent to an activating group) is 1. The van der Waals surface area contributed by atoms with Crippen LogP contribution in [0, 0.1) is 5.92 Å². The van der Waals surface area contributed by atoms with Crippen molar-refractivity contribution >= 4 is 21.8 Å². The van der Waals surface area contributed by atoms with Gasteiger partial charge in [0.2, 0.25) is 0 Å². The first-order valence-electron chi connectivity index (χ1n) is 15.9. The van der Waals surface area contributed by atoms with Crippen molar-refractivity contribution in [3.05, 3.63) is 60.2 Å². The third-order valence-corrected chi connectivity index (χ3v) is 10.7. The Morgan fingerprint density at radius 2 is 1.89 bits per heavy atom. The number of carbonyl (C=O) groups is 1. The molecule has 4 fully saturated rings. The zero-order valence-corrected chi connectivity index (χ0v) is 26.5. The lowest BCUT2D eigenvalue weighted by atomic mass is 10.0. The van der Waals surface area contributed by atoms with E-state index < -0.39 is 34.4 Å². The fraction of sp³-hybridized carbons (Fsp3) is 0.594. The first kappa shape index (κ1) is 32.2. The predicted molar refractivity (Wildman–Crippen MR) is 166 cm³/mol. The SMILES string of the molecule is CN1CCN(c2cccc(S(=O)(=O)N(C[C@@H](O)[C@H](Cc3ccccc3)NC(=O)O[C@@H]3CO[C@@H]4OCC[C@@H]43)OC3CCCC3)c2)C1. The van der Waals surface area contributed by atoms with Crippen molar-refractivity contribution in [2.24, 2.45) is 5.92 Å². The normalized spacial score (nSPS) is 25.5. The van der Waals surface area contributed by atoms with Gasteiger partial charge >= 0.3 is 6.09 Å². The lowest BCUT2D eigenvalue weighted by molar-refractivity contribution is -0.145. The maximum absolute atomic E-state index is 14.1. The minimum Gasteiger partial charge on any atom is -0.443 e. The van der Waals surface area contributed by atoms with E-state index in [1.807, 2.05) is 43.4 Å². The monoisotopic (exact) mass is 644 g/mol. The zero-order chi connectivity index (χ0) is 31.4. The molecule has 2 aromatic rings. The number of nitrogens with one attached hydrogen (secondary N) is 1. The third-order valence-electron chi connectivity index (χ3n) is 9.13. The fourth-order valence-corrected chi connectivity index (χ4v) is 7.89. The van der Waals surface area contributed by atoms with Gasteiger partial charge in [0, 0.05) is 18.8 Å². The number of benzene rings is 2. The third kappa shape index (κ3) is 7.79. The minimum atomic E-state index is -4.18. The Kier molecular flexibility index (Phi) is 10.2. The Morgan fingerprint density at radius 1 is 1.09 bits per heavy atom. The van der Waals surface area contributed by atoms with Crippen LogP contribution in [-0.4, -0.2) is 106 Å². The first-order valence-corrected chi connectivity index (χ1v) is 17.4. The van der Waals surface area contributed by atoms with Crippen LogP contribution < -0.4 is 10.2 Å². The van der Waals surface area contributed by atoms with Crippen LogP contribution in [-0.2, 0) is 35.5 Å². The lowest BCUT2D eigenvalue weighted by Crippen LogP contribution is -2.51. The van der Waals surface area contributed by atoms with Crippen molar-refractivity contribution < 1.29 is 37.4 Å². The van der Waals surface area contributed by atoms with Gasteiger partial charge in [-0.25, -0.2) is 13.2 Å². The molecule has 2 N–H and O–H groups in total. The number of aliphatic hydroxyl groups is 1. The zero-order valence-electron chi connectivity index (χ0n) is 25.7. The number of nitrogens with zero attached hydrogens (tertiary/aromatic N) is 3. The average Bonchev–Trinajstić information content (AvgIpc) is 3.85. The highest BCUT2D eigenvalue weighted by atomic mass is 32.2. The van der Waals surface area contributed by atoms with E-state index in [4.69, 9.17) is 19.0 Å². The summed E-state index contributed by atoms with van der Waals surface area (Å²) in [6, 6.07) is 15.4. The van der Waals surface area contributed by atoms with Gasteiger partial charge in [-0.3, -0.25) is 9.74 Å². The molecule has 3 saturated heterocycles. The maximum atomic E-state index is 14.1. The van der Waals surface area contributed by atoms with E-state index in [2.05, 4.69) is 15.1 Å². The van der Waals surface area contributed by atoms with Gasteiger partial charge in [0.25, 0.3) is 10.0 Å². The molecule has 13 heteroatoms. The smallest absolute Gasteiger partial charge is 0.407 e. The molecular formula is C32H44N4O8S. The summed E-state index contributed by atoms with van der Waals surface area (Å²) in [6.07, 6.45) is 1.21. The molecule has 12 nitrogen and oxygen atoms in total. The van der Waals surface area contributed by atoms with Gasteiger partial charge in [0.15, 0.2) is 6.29 Å². The summed E-state index contributed by atoms with van der Waals surface area (Å²) in [6.45, 7) is 2.80. The van der Waals surface area contributed by atoms with Crippen LogP contribution in [0.4, 0.5) is 10.5 Å². The first-order chi connectivity index (χ1) is 21.8. The number of amides is 1. The van der Waals surface area contributed by atoms with Crippen molar-refractivity contribution in [1.29, 1.82) is 0 Å². The second-order valence-electron chi connectivity index (χ2n) is 12.5. The number of hydroxylamine groups is 1. The minimum absolute atomic E-state index is 0.0367. The Labute approximate surface area is 265 Å². The molecule has 6 rings (SSSR count). The molecule has 1 aliphatic carbocycles. The molecule has 45 heavy (non-hydrogen) atoms. The average molecular weight is 645 g/mol. The number of carbonyl (C=O) groups excluding carboxylic acids is 1. The van der Waals surface area contributed by atoms with E-state index >= 15 is 0 Å². The molecule has 4 aliphatic rings. The molecule has 0 bridgehead atoms. The summed E-state index contributed by atoms with van der Waals surface area (Å²) < 4.78 is 46.1. The van der Waals surface area contributed by atoms with E-state index in [0.29, 0.717) is 13.3 Å². The molecule has 2 aromatic carbocycles. The fourth-order valence-electron chi connectivity index (χ4n) is 6.55. The van der Waals surface area contributed by atoms with Crippen LogP contribution in [0.2, 0.25) is 0 Å². The Hall–Kier alpha value is -2.78. The van der Waals surface area contributed by atoms with Gasteiger partial charge in [0.1, 0.15) is 6.10 Å². The van der Waals surface area contributed by atoms with Crippen molar-refractivity contribution in [1.82, 2.24) is 14.7 Å². The van der Waals surface area contributed by atoms with E-state index in [1.165, 1.54) is 0 Å². The van der Waals surface area contributed by atoms with Crippen LogP contribution in [0.5, 0.6) is 0 Å². The van der Waals surface area contributed by atoms with Gasteiger partial charge in [-0.15, -0.1) is 0 Å². The van der Waals surface area contributed by atoms with Gasteiger partial charge < -0.3 is 29.5 Å². The number of fused-ring (bicyclic) bond motifs is 1. The Bertz CT molecular complexity index is 1390. The number of sulfonamides is 1. The molecule has 3 heterocycles. The van der Waals surface area contributed by atoms with Crippen LogP contribution in [0.1, 0.15) is 37.7 Å². The molecule has 1 amide bonds. The van der Waals surface area contributed by atoms with E-state index in [0.717, 1.165) is 60.9 Å². The highest BCUT2D eigenvalue weighted by Crippen LogP contribution is 2.33. The number of aliphatic hydroxyl groups excluding tert-OH is 1. The predicted octanol–water partition coefficient (Wildman–Crippen LogP) is 2.72. The van der Waals surface area contributed by atoms with Gasteiger partial charge in [-0.2, -0.15) is 0 Å². The van der Waals surface area contributed by atoms with Crippen molar-refractivity contribution in [2.75, 3.05) is 51.5 Å². The maximum Gasteiger partial charge on any atom is 0.407 e. The van der Waals surface area contributed by atoms with Crippen molar-refractivity contribution in [2.45, 2.75) is 74.1 Å². The summed E-state index contributed by atoms with van der Waals surface area (Å²) >= 11 is 0. The van der Waals surface area contributed by atoms with Crippen LogP contribution >= 0.6 is 0 Å². The van der Waals surface area contributed by atoms with Crippen molar-refractivity contribution in [3.63, 3.8) is 0 Å². The lowest BCUT2D eigenvalue weighted by Gasteiger charge is -2.31. The quantitative estimate of drug-likeness (QED) is 0.333. The summed E-state index contributed by atoms with van der Waals surface area (Å²) in [5, 5.41) is 14.4. The molecule has 0 unspecified atom stereocenters. The van der Waals surface area contributed by atoms with Gasteiger partial charge in [0.05, 0.1) is 55.5 Å².